The molecule has 2 N–H and O–H groups in total. The third-order valence-corrected chi connectivity index (χ3v) is 8.24. The zero-order valence-corrected chi connectivity index (χ0v) is 26.3. The molecule has 3 rings (SSSR count). The van der Waals surface area contributed by atoms with Gasteiger partial charge >= 0.3 is 5.97 Å². The number of methoxy groups -OCH3 is 2. The van der Waals surface area contributed by atoms with Crippen LogP contribution in [0.5, 0.6) is 0 Å². The smallest absolute Gasteiger partial charge is 0.306 e. The molecule has 3 aliphatic rings. The number of nitrogens with zero attached hydrogens (tertiary/aromatic N) is 1. The highest BCUT2D eigenvalue weighted by Gasteiger charge is 2.36. The summed E-state index contributed by atoms with van der Waals surface area (Å²) in [5, 5.41) is 14.0. The molecule has 2 heterocycles. The Balaban J connectivity index is 2.07. The first-order valence-corrected chi connectivity index (χ1v) is 15.0. The van der Waals surface area contributed by atoms with Crippen LogP contribution in [-0.2, 0) is 33.4 Å². The first-order valence-electron chi connectivity index (χ1n) is 15.0. The molecule has 10 heteroatoms. The van der Waals surface area contributed by atoms with Crippen LogP contribution in [0, 0.1) is 11.8 Å². The number of aliphatic hydroxyl groups is 1. The Bertz CT molecular complexity index is 1240. The van der Waals surface area contributed by atoms with Crippen LogP contribution in [0.2, 0.25) is 0 Å². The number of allylic oxidation sites excluding steroid dienone is 4. The first-order chi connectivity index (χ1) is 20.4. The van der Waals surface area contributed by atoms with E-state index < -0.39 is 36.3 Å². The SMILES string of the molecule is CCC(=O)O[C@H]1/C(C)=C/[C@H](C)[C@@H](O)[C@@H](OC)C[C@H](C)CC2=C(N3CCC3)C(=O)C=C(NC(=O)/C(C)=C/C=C\[C@@H]1OC)C2=O. The summed E-state index contributed by atoms with van der Waals surface area (Å²) in [6.07, 6.45) is 6.78. The molecule has 0 aromatic carbocycles. The molecule has 1 saturated heterocycles. The number of nitrogens with one attached hydrogen (secondary N) is 1. The molecule has 0 aromatic heterocycles. The fourth-order valence-electron chi connectivity index (χ4n) is 5.56. The summed E-state index contributed by atoms with van der Waals surface area (Å²) in [6.45, 7) is 10.3. The second-order valence-corrected chi connectivity index (χ2v) is 11.7. The number of rotatable bonds is 5. The molecule has 236 valence electrons. The van der Waals surface area contributed by atoms with Gasteiger partial charge in [-0.1, -0.05) is 45.1 Å². The van der Waals surface area contributed by atoms with Crippen LogP contribution in [-0.4, -0.2) is 85.2 Å². The van der Waals surface area contributed by atoms with Crippen molar-refractivity contribution in [1.82, 2.24) is 10.2 Å². The third kappa shape index (κ3) is 8.40. The molecule has 0 aromatic rings. The number of carbonyl (C=O) groups is 4. The number of hydrogen-bond acceptors (Lipinski definition) is 9. The number of Topliss-reactive ketones (excluding diaryl/α,β-unsaturated/α-hetero) is 1. The minimum Gasteiger partial charge on any atom is -0.455 e. The predicted molar refractivity (Wildman–Crippen MR) is 161 cm³/mol. The summed E-state index contributed by atoms with van der Waals surface area (Å²) in [7, 11) is 3.02. The molecule has 2 aliphatic heterocycles. The fourth-order valence-corrected chi connectivity index (χ4v) is 5.56. The maximum atomic E-state index is 13.7. The van der Waals surface area contributed by atoms with Crippen molar-refractivity contribution in [1.29, 1.82) is 0 Å². The van der Waals surface area contributed by atoms with Crippen LogP contribution in [0.15, 0.2) is 58.5 Å². The van der Waals surface area contributed by atoms with Crippen molar-refractivity contribution in [2.24, 2.45) is 11.8 Å². The number of aliphatic hydroxyl groups excluding tert-OH is 1. The molecular formula is C33H46N2O8. The number of esters is 1. The summed E-state index contributed by atoms with van der Waals surface area (Å²) in [6, 6.07) is 0. The molecule has 0 saturated carbocycles. The number of fused-ring (bicyclic) bond motifs is 2. The van der Waals surface area contributed by atoms with Gasteiger partial charge < -0.3 is 29.5 Å². The van der Waals surface area contributed by atoms with Crippen molar-refractivity contribution in [3.8, 4) is 0 Å². The predicted octanol–water partition coefficient (Wildman–Crippen LogP) is 3.33. The van der Waals surface area contributed by atoms with Gasteiger partial charge in [0, 0.05) is 56.9 Å². The maximum absolute atomic E-state index is 13.7. The number of amides is 1. The van der Waals surface area contributed by atoms with Gasteiger partial charge in [0.25, 0.3) is 5.91 Å². The van der Waals surface area contributed by atoms with Crippen molar-refractivity contribution in [2.45, 2.75) is 84.7 Å². The average molecular weight is 599 g/mol. The first kappa shape index (κ1) is 34.2. The van der Waals surface area contributed by atoms with Crippen LogP contribution >= 0.6 is 0 Å². The van der Waals surface area contributed by atoms with Gasteiger partial charge in [-0.3, -0.25) is 19.2 Å². The van der Waals surface area contributed by atoms with Gasteiger partial charge in [-0.15, -0.1) is 0 Å². The van der Waals surface area contributed by atoms with Gasteiger partial charge in [0.15, 0.2) is 6.10 Å². The van der Waals surface area contributed by atoms with E-state index in [0.717, 1.165) is 6.42 Å². The number of carbonyl (C=O) groups excluding carboxylic acids is 4. The minimum atomic E-state index is -0.906. The Morgan fingerprint density at radius 2 is 1.81 bits per heavy atom. The topological polar surface area (TPSA) is 131 Å². The quantitative estimate of drug-likeness (QED) is 0.278. The van der Waals surface area contributed by atoms with Crippen molar-refractivity contribution < 1.29 is 38.5 Å². The largest absolute Gasteiger partial charge is 0.455 e. The lowest BCUT2D eigenvalue weighted by Gasteiger charge is -2.37. The zero-order valence-electron chi connectivity index (χ0n) is 26.3. The molecule has 0 radical (unpaired) electrons. The van der Waals surface area contributed by atoms with E-state index in [1.54, 1.807) is 32.1 Å². The van der Waals surface area contributed by atoms with E-state index in [-0.39, 0.29) is 41.9 Å². The number of likely N-dealkylation sites (tertiary alicyclic amines) is 1. The van der Waals surface area contributed by atoms with Crippen molar-refractivity contribution >= 4 is 23.4 Å². The normalized spacial score (nSPS) is 33.0. The lowest BCUT2D eigenvalue weighted by atomic mass is 9.84. The van der Waals surface area contributed by atoms with E-state index in [1.807, 2.05) is 31.7 Å². The number of hydrogen-bond donors (Lipinski definition) is 2. The van der Waals surface area contributed by atoms with Gasteiger partial charge in [0.05, 0.1) is 23.6 Å². The Labute approximate surface area is 254 Å². The van der Waals surface area contributed by atoms with Crippen LogP contribution in [0.1, 0.15) is 60.3 Å². The molecular weight excluding hydrogens is 552 g/mol. The zero-order chi connectivity index (χ0) is 31.8. The number of ketones is 2. The number of ether oxygens (including phenoxy) is 3. The fraction of sp³-hybridized carbons (Fsp3) is 0.576. The van der Waals surface area contributed by atoms with Crippen LogP contribution in [0.4, 0.5) is 0 Å². The highest BCUT2D eigenvalue weighted by atomic mass is 16.6. The summed E-state index contributed by atoms with van der Waals surface area (Å²) in [4.78, 5) is 54.3. The molecule has 6 atom stereocenters. The van der Waals surface area contributed by atoms with Gasteiger partial charge in [0.1, 0.15) is 6.10 Å². The van der Waals surface area contributed by atoms with E-state index in [9.17, 15) is 24.3 Å². The van der Waals surface area contributed by atoms with Gasteiger partial charge in [-0.05, 0) is 44.6 Å². The molecule has 1 aliphatic carbocycles. The molecule has 0 unspecified atom stereocenters. The van der Waals surface area contributed by atoms with Crippen LogP contribution < -0.4 is 5.32 Å². The highest BCUT2D eigenvalue weighted by molar-refractivity contribution is 6.23. The van der Waals surface area contributed by atoms with E-state index >= 15 is 0 Å². The van der Waals surface area contributed by atoms with E-state index in [2.05, 4.69) is 5.32 Å². The Morgan fingerprint density at radius 3 is 2.40 bits per heavy atom. The Hall–Kier alpha value is -3.34. The molecule has 10 nitrogen and oxygen atoms in total. The van der Waals surface area contributed by atoms with Crippen molar-refractivity contribution in [3.63, 3.8) is 0 Å². The Kier molecular flexibility index (Phi) is 12.2. The average Bonchev–Trinajstić information content (AvgIpc) is 2.95. The Morgan fingerprint density at radius 1 is 1.12 bits per heavy atom. The molecule has 43 heavy (non-hydrogen) atoms. The molecule has 1 fully saturated rings. The maximum Gasteiger partial charge on any atom is 0.306 e. The highest BCUT2D eigenvalue weighted by Crippen LogP contribution is 2.32. The summed E-state index contributed by atoms with van der Waals surface area (Å²) in [5.74, 6) is -2.14. The second-order valence-electron chi connectivity index (χ2n) is 11.7. The van der Waals surface area contributed by atoms with Gasteiger partial charge in [0.2, 0.25) is 11.6 Å². The molecule has 0 spiro atoms. The van der Waals surface area contributed by atoms with E-state index in [0.29, 0.717) is 41.9 Å². The van der Waals surface area contributed by atoms with Gasteiger partial charge in [-0.2, -0.15) is 0 Å². The lowest BCUT2D eigenvalue weighted by Crippen LogP contribution is -2.43. The van der Waals surface area contributed by atoms with Crippen LogP contribution in [0.25, 0.3) is 0 Å². The molecule has 2 bridgehead atoms. The summed E-state index contributed by atoms with van der Waals surface area (Å²) in [5.41, 5.74) is 1.69. The monoisotopic (exact) mass is 598 g/mol. The van der Waals surface area contributed by atoms with Crippen molar-refractivity contribution in [2.75, 3.05) is 27.3 Å². The lowest BCUT2D eigenvalue weighted by molar-refractivity contribution is -0.151. The minimum absolute atomic E-state index is 0.0609. The van der Waals surface area contributed by atoms with Crippen LogP contribution in [0.3, 0.4) is 0 Å². The van der Waals surface area contributed by atoms with E-state index in [1.165, 1.54) is 20.3 Å². The van der Waals surface area contributed by atoms with Crippen molar-refractivity contribution in [3.05, 3.63) is 58.5 Å². The second kappa shape index (κ2) is 15.4. The standard InChI is InChI=1S/C33H46N2O8/c1-8-28(37)43-32-22(5)17-21(4)30(38)27(42-7)16-19(2)15-23-29(35-13-10-14-35)25(36)18-24(31(23)39)34-33(40)20(3)11-9-12-26(32)41-6/h9,11-12,17-19,21,26-27,30,32,38H,8,10,13-16H2,1-7H3,(H,34,40)/b12-9-,20-11+,22-17+/t19-,21+,26+,27+,30-,32+/m1/s1. The summed E-state index contributed by atoms with van der Waals surface area (Å²) >= 11 is 0. The third-order valence-electron chi connectivity index (χ3n) is 8.24. The summed E-state index contributed by atoms with van der Waals surface area (Å²) < 4.78 is 17.1. The van der Waals surface area contributed by atoms with Gasteiger partial charge in [-0.25, -0.2) is 0 Å². The molecule has 1 amide bonds. The van der Waals surface area contributed by atoms with E-state index in [4.69, 9.17) is 14.2 Å².